The molecule has 1 heterocycles. The molecule has 7 nitrogen and oxygen atoms in total. The van der Waals surface area contributed by atoms with Crippen molar-refractivity contribution in [3.05, 3.63) is 119 Å². The standard InChI is InChI=1S/C33H26N2O5/c1-39-18-15-16-24(26(17-18)40-2)34-31(36)23-13-7-8-14-25(23)35-32(37)29-27-19-9-3-4-10-20(19)28(30(29)33(35)38)22-12-6-5-11-21(22)27/h3-17,27-30H,1-2H3,(H,34,36)/t27?,28?,29-,30-/m0/s1. The van der Waals surface area contributed by atoms with Crippen LogP contribution in [0.3, 0.4) is 0 Å². The van der Waals surface area contributed by atoms with E-state index in [0.29, 0.717) is 17.2 Å². The molecule has 1 N–H and O–H groups in total. The highest BCUT2D eigenvalue weighted by Crippen LogP contribution is 2.61. The number of carbonyl (C=O) groups is 3. The summed E-state index contributed by atoms with van der Waals surface area (Å²) in [6.07, 6.45) is 0. The van der Waals surface area contributed by atoms with Gasteiger partial charge in [-0.2, -0.15) is 0 Å². The van der Waals surface area contributed by atoms with Crippen molar-refractivity contribution in [1.29, 1.82) is 0 Å². The van der Waals surface area contributed by atoms with Crippen LogP contribution in [0, 0.1) is 11.8 Å². The van der Waals surface area contributed by atoms with Gasteiger partial charge in [0.2, 0.25) is 11.8 Å². The minimum Gasteiger partial charge on any atom is -0.497 e. The van der Waals surface area contributed by atoms with Crippen molar-refractivity contribution >= 4 is 29.1 Å². The number of amides is 3. The fraction of sp³-hybridized carbons (Fsp3) is 0.182. The van der Waals surface area contributed by atoms with Crippen LogP contribution in [-0.2, 0) is 9.59 Å². The van der Waals surface area contributed by atoms with Gasteiger partial charge >= 0.3 is 0 Å². The van der Waals surface area contributed by atoms with Gasteiger partial charge in [0.05, 0.1) is 43.0 Å². The first-order valence-electron chi connectivity index (χ1n) is 13.2. The number of nitrogens with zero attached hydrogens (tertiary/aromatic N) is 1. The van der Waals surface area contributed by atoms with Crippen LogP contribution in [0.2, 0.25) is 0 Å². The topological polar surface area (TPSA) is 84.9 Å². The average molecular weight is 531 g/mol. The Hall–Kier alpha value is -4.91. The Balaban J connectivity index is 1.29. The summed E-state index contributed by atoms with van der Waals surface area (Å²) in [5.74, 6) is -1.46. The molecule has 4 aliphatic rings. The minimum atomic E-state index is -0.528. The third kappa shape index (κ3) is 3.33. The average Bonchev–Trinajstić information content (AvgIpc) is 3.27. The molecule has 3 amide bonds. The lowest BCUT2D eigenvalue weighted by atomic mass is 9.55. The summed E-state index contributed by atoms with van der Waals surface area (Å²) >= 11 is 0. The van der Waals surface area contributed by atoms with Gasteiger partial charge in [0.25, 0.3) is 5.91 Å². The Bertz CT molecular complexity index is 1600. The molecule has 1 aliphatic heterocycles. The third-order valence-corrected chi connectivity index (χ3v) is 8.49. The predicted octanol–water partition coefficient (Wildman–Crippen LogP) is 5.35. The molecule has 4 aromatic carbocycles. The Morgan fingerprint density at radius 2 is 1.23 bits per heavy atom. The predicted molar refractivity (Wildman–Crippen MR) is 150 cm³/mol. The Morgan fingerprint density at radius 3 is 1.75 bits per heavy atom. The first kappa shape index (κ1) is 24.2. The lowest BCUT2D eigenvalue weighted by molar-refractivity contribution is -0.122. The maximum absolute atomic E-state index is 14.2. The molecular weight excluding hydrogens is 504 g/mol. The molecule has 198 valence electrons. The summed E-state index contributed by atoms with van der Waals surface area (Å²) in [5.41, 5.74) is 5.37. The van der Waals surface area contributed by atoms with Crippen LogP contribution in [0.25, 0.3) is 0 Å². The van der Waals surface area contributed by atoms with Crippen molar-refractivity contribution in [2.24, 2.45) is 11.8 Å². The highest BCUT2D eigenvalue weighted by Gasteiger charge is 2.62. The highest BCUT2D eigenvalue weighted by molar-refractivity contribution is 6.26. The van der Waals surface area contributed by atoms with Crippen LogP contribution in [0.15, 0.2) is 91.0 Å². The lowest BCUT2D eigenvalue weighted by Crippen LogP contribution is -2.41. The molecule has 40 heavy (non-hydrogen) atoms. The van der Waals surface area contributed by atoms with E-state index < -0.39 is 17.7 Å². The monoisotopic (exact) mass is 530 g/mol. The van der Waals surface area contributed by atoms with Crippen molar-refractivity contribution in [3.8, 4) is 11.5 Å². The third-order valence-electron chi connectivity index (χ3n) is 8.49. The van der Waals surface area contributed by atoms with E-state index in [1.165, 1.54) is 12.0 Å². The van der Waals surface area contributed by atoms with Gasteiger partial charge in [-0.25, -0.2) is 4.90 Å². The number of para-hydroxylation sites is 1. The molecule has 8 rings (SSSR count). The Labute approximate surface area is 231 Å². The van der Waals surface area contributed by atoms with Gasteiger partial charge in [-0.1, -0.05) is 60.7 Å². The largest absolute Gasteiger partial charge is 0.497 e. The summed E-state index contributed by atoms with van der Waals surface area (Å²) < 4.78 is 10.7. The quantitative estimate of drug-likeness (QED) is 0.352. The van der Waals surface area contributed by atoms with E-state index in [0.717, 1.165) is 22.3 Å². The SMILES string of the molecule is COc1ccc(NC(=O)c2ccccc2N2C(=O)[C@H]3C4c5ccccc5C(c5ccccc54)[C@@H]3C2=O)c(OC)c1. The van der Waals surface area contributed by atoms with Gasteiger partial charge < -0.3 is 14.8 Å². The van der Waals surface area contributed by atoms with Gasteiger partial charge in [0, 0.05) is 17.9 Å². The van der Waals surface area contributed by atoms with Crippen LogP contribution in [-0.4, -0.2) is 31.9 Å². The minimum absolute atomic E-state index is 0.214. The molecular formula is C33H26N2O5. The summed E-state index contributed by atoms with van der Waals surface area (Å²) in [5, 5.41) is 2.87. The van der Waals surface area contributed by atoms with E-state index in [1.807, 2.05) is 24.3 Å². The zero-order valence-electron chi connectivity index (χ0n) is 22.0. The van der Waals surface area contributed by atoms with Gasteiger partial charge in [-0.05, 0) is 46.5 Å². The fourth-order valence-corrected chi connectivity index (χ4v) is 6.87. The maximum atomic E-state index is 14.2. The number of rotatable bonds is 5. The van der Waals surface area contributed by atoms with E-state index in [9.17, 15) is 14.4 Å². The second-order valence-corrected chi connectivity index (χ2v) is 10.3. The molecule has 1 saturated heterocycles. The molecule has 2 atom stereocenters. The number of methoxy groups -OCH3 is 2. The first-order chi connectivity index (χ1) is 19.5. The van der Waals surface area contributed by atoms with E-state index >= 15 is 0 Å². The van der Waals surface area contributed by atoms with Crippen molar-refractivity contribution in [3.63, 3.8) is 0 Å². The molecule has 0 unspecified atom stereocenters. The van der Waals surface area contributed by atoms with Crippen LogP contribution in [0.5, 0.6) is 11.5 Å². The van der Waals surface area contributed by atoms with E-state index in [-0.39, 0.29) is 34.9 Å². The Morgan fingerprint density at radius 1 is 0.700 bits per heavy atom. The zero-order valence-corrected chi connectivity index (χ0v) is 22.0. The van der Waals surface area contributed by atoms with Crippen LogP contribution in [0.4, 0.5) is 11.4 Å². The molecule has 1 fully saturated rings. The normalized spacial score (nSPS) is 21.9. The lowest BCUT2D eigenvalue weighted by Gasteiger charge is -2.45. The first-order valence-corrected chi connectivity index (χ1v) is 13.2. The summed E-state index contributed by atoms with van der Waals surface area (Å²) in [4.78, 5) is 43.2. The molecule has 7 heteroatoms. The molecule has 0 aromatic heterocycles. The summed E-state index contributed by atoms with van der Waals surface area (Å²) in [6.45, 7) is 0. The highest BCUT2D eigenvalue weighted by atomic mass is 16.5. The number of anilines is 2. The van der Waals surface area contributed by atoms with Gasteiger partial charge in [0.15, 0.2) is 0 Å². The fourth-order valence-electron chi connectivity index (χ4n) is 6.87. The van der Waals surface area contributed by atoms with Crippen molar-refractivity contribution < 1.29 is 23.9 Å². The molecule has 0 saturated carbocycles. The van der Waals surface area contributed by atoms with E-state index in [1.54, 1.807) is 49.6 Å². The number of carbonyl (C=O) groups excluding carboxylic acids is 3. The summed E-state index contributed by atoms with van der Waals surface area (Å²) in [6, 6.07) is 28.1. The van der Waals surface area contributed by atoms with Crippen molar-refractivity contribution in [1.82, 2.24) is 0 Å². The van der Waals surface area contributed by atoms with E-state index in [2.05, 4.69) is 29.6 Å². The molecule has 0 spiro atoms. The number of hydrogen-bond donors (Lipinski definition) is 1. The van der Waals surface area contributed by atoms with Crippen molar-refractivity contribution in [2.75, 3.05) is 24.4 Å². The number of benzene rings is 4. The van der Waals surface area contributed by atoms with Gasteiger partial charge in [-0.3, -0.25) is 14.4 Å². The Kier molecular flexibility index (Phi) is 5.49. The van der Waals surface area contributed by atoms with Crippen LogP contribution >= 0.6 is 0 Å². The van der Waals surface area contributed by atoms with Gasteiger partial charge in [-0.15, -0.1) is 0 Å². The molecule has 0 radical (unpaired) electrons. The number of ether oxygens (including phenoxy) is 2. The molecule has 4 aromatic rings. The molecule has 2 bridgehead atoms. The molecule has 3 aliphatic carbocycles. The second-order valence-electron chi connectivity index (χ2n) is 10.3. The summed E-state index contributed by atoms with van der Waals surface area (Å²) in [7, 11) is 3.06. The number of imide groups is 1. The van der Waals surface area contributed by atoms with Crippen LogP contribution < -0.4 is 19.7 Å². The van der Waals surface area contributed by atoms with Crippen LogP contribution in [0.1, 0.15) is 44.4 Å². The van der Waals surface area contributed by atoms with Gasteiger partial charge in [0.1, 0.15) is 11.5 Å². The van der Waals surface area contributed by atoms with E-state index in [4.69, 9.17) is 9.47 Å². The number of hydrogen-bond acceptors (Lipinski definition) is 5. The maximum Gasteiger partial charge on any atom is 0.257 e. The zero-order chi connectivity index (χ0) is 27.5. The van der Waals surface area contributed by atoms with Crippen molar-refractivity contribution in [2.45, 2.75) is 11.8 Å². The second kappa shape index (κ2) is 9.09. The number of nitrogens with one attached hydrogen (secondary N) is 1. The smallest absolute Gasteiger partial charge is 0.257 e.